The van der Waals surface area contributed by atoms with Gasteiger partial charge in [0.15, 0.2) is 0 Å². The van der Waals surface area contributed by atoms with Gasteiger partial charge in [-0.3, -0.25) is 4.32 Å². The van der Waals surface area contributed by atoms with Gasteiger partial charge in [0.25, 0.3) is 0 Å². The van der Waals surface area contributed by atoms with E-state index >= 15 is 0 Å². The Labute approximate surface area is 145 Å². The summed E-state index contributed by atoms with van der Waals surface area (Å²) in [6.07, 6.45) is 0. The zero-order valence-electron chi connectivity index (χ0n) is 4.14. The molecule has 0 aliphatic heterocycles. The molecule has 0 rings (SSSR count). The van der Waals surface area contributed by atoms with E-state index in [2.05, 4.69) is 0 Å². The van der Waals surface area contributed by atoms with Gasteiger partial charge in [0.2, 0.25) is 0 Å². The molecule has 0 aliphatic carbocycles. The van der Waals surface area contributed by atoms with Gasteiger partial charge in [0.05, 0.1) is 0 Å². The Morgan fingerprint density at radius 1 is 1.00 bits per heavy atom. The Balaban J connectivity index is -0.0000000221. The molecule has 6 nitrogen and oxygen atoms in total. The molecule has 6 N–H and O–H groups in total. The van der Waals surface area contributed by atoms with Gasteiger partial charge >= 0.3 is 134 Å². The fraction of sp³-hybridized carbons (Fsp3) is 0. The van der Waals surface area contributed by atoms with Crippen LogP contribution in [-0.4, -0.2) is 125 Å². The average molecular weight is 254 g/mol. The summed E-state index contributed by atoms with van der Waals surface area (Å²) >= 11 is -5.00. The van der Waals surface area contributed by atoms with E-state index in [0.717, 1.165) is 0 Å². The summed E-state index contributed by atoms with van der Waals surface area (Å²) < 4.78 is 39.6. The molecular formula is H10BFKLiMgO6Ti. The molecule has 0 atom stereocenters. The number of halogens is 1. The van der Waals surface area contributed by atoms with Crippen LogP contribution in [0.25, 0.3) is 0 Å². The van der Waals surface area contributed by atoms with Crippen LogP contribution in [0.2, 0.25) is 0 Å². The first-order chi connectivity index (χ1) is 3.73. The molecule has 12 heavy (non-hydrogen) atoms. The van der Waals surface area contributed by atoms with Crippen molar-refractivity contribution in [2.45, 2.75) is 0 Å². The maximum atomic E-state index is 10.1. The Kier molecular flexibility index (Phi) is 41.6. The SMILES string of the molecule is OB(O)F.[KH].[LiH].[MgH2].[OH][Ti]([OH])([OH])[OH]. The molecule has 0 aromatic heterocycles. The molecule has 12 heteroatoms. The third kappa shape index (κ3) is 174. The summed E-state index contributed by atoms with van der Waals surface area (Å²) in [5.41, 5.74) is 0. The molecule has 0 radical (unpaired) electrons. The van der Waals surface area contributed by atoms with Crippen LogP contribution < -0.4 is 0 Å². The predicted octanol–water partition coefficient (Wildman–Crippen LogP) is -5.52. The third-order valence-corrected chi connectivity index (χ3v) is 0. The van der Waals surface area contributed by atoms with E-state index in [4.69, 9.17) is 24.8 Å². The molecule has 0 heterocycles. The topological polar surface area (TPSA) is 121 Å². The van der Waals surface area contributed by atoms with Crippen LogP contribution in [0.1, 0.15) is 0 Å². The van der Waals surface area contributed by atoms with Crippen molar-refractivity contribution in [3.63, 3.8) is 0 Å². The normalized spacial score (nSPS) is 7.25. The summed E-state index contributed by atoms with van der Waals surface area (Å²) in [5.74, 6) is 0. The van der Waals surface area contributed by atoms with Crippen molar-refractivity contribution in [2.24, 2.45) is 0 Å². The first-order valence-corrected chi connectivity index (χ1v) is 4.42. The summed E-state index contributed by atoms with van der Waals surface area (Å²) in [7, 11) is -2.67. The molecule has 0 bridgehead atoms. The number of hydrogen-bond donors (Lipinski definition) is 6. The molecule has 0 aliphatic rings. The molecule has 0 saturated heterocycles. The van der Waals surface area contributed by atoms with E-state index < -0.39 is 25.5 Å². The summed E-state index contributed by atoms with van der Waals surface area (Å²) in [5, 5.41) is 13.9. The quantitative estimate of drug-likeness (QED) is 0.240. The molecule has 0 unspecified atom stereocenters. The van der Waals surface area contributed by atoms with Crippen LogP contribution in [0.5, 0.6) is 0 Å². The van der Waals surface area contributed by atoms with Crippen molar-refractivity contribution >= 4 is 101 Å². The molecule has 0 saturated carbocycles. The van der Waals surface area contributed by atoms with Crippen LogP contribution in [0, 0.1) is 0 Å². The van der Waals surface area contributed by atoms with Gasteiger partial charge in [-0.1, -0.05) is 0 Å². The van der Waals surface area contributed by atoms with Crippen LogP contribution in [0.3, 0.4) is 0 Å². The minimum absolute atomic E-state index is 0. The van der Waals surface area contributed by atoms with Crippen molar-refractivity contribution in [1.29, 1.82) is 0 Å². The van der Waals surface area contributed by atoms with Gasteiger partial charge in [0.1, 0.15) is 0 Å². The number of hydrogen-bond acceptors (Lipinski definition) is 6. The van der Waals surface area contributed by atoms with Crippen LogP contribution in [0.4, 0.5) is 4.32 Å². The average Bonchev–Trinajstić information content (AvgIpc) is 1.19. The Morgan fingerprint density at radius 3 is 1.00 bits per heavy atom. The van der Waals surface area contributed by atoms with Gasteiger partial charge in [-0.25, -0.2) is 0 Å². The van der Waals surface area contributed by atoms with Crippen molar-refractivity contribution in [1.82, 2.24) is 0 Å². The molecule has 0 amide bonds. The van der Waals surface area contributed by atoms with Gasteiger partial charge in [0, 0.05) is 0 Å². The Bertz CT molecular complexity index is 64.3. The second-order valence-electron chi connectivity index (χ2n) is 0.911. The standard InChI is InChI=1S/BFH2O2.K.Li.Mg.4H2O.Ti.4H/c2-1(3)4;;;;;;;;;;;;/h3-4H;;;;4*1H2;;;;;/q;;;;;;;;+4;;;;/p-4. The van der Waals surface area contributed by atoms with Crippen molar-refractivity contribution in [3.8, 4) is 0 Å². The maximum absolute atomic E-state index is 10.1. The molecule has 0 aromatic rings. The minimum atomic E-state index is -5.00. The van der Waals surface area contributed by atoms with E-state index in [1.165, 1.54) is 0 Å². The third-order valence-electron chi connectivity index (χ3n) is 0. The van der Waals surface area contributed by atoms with E-state index in [0.29, 0.717) is 0 Å². The zero-order valence-corrected chi connectivity index (χ0v) is 5.70. The molecule has 0 fully saturated rings. The monoisotopic (exact) mass is 254 g/mol. The van der Waals surface area contributed by atoms with Gasteiger partial charge in [-0.2, -0.15) is 0 Å². The Hall–Kier alpha value is 3.47. The van der Waals surface area contributed by atoms with Crippen molar-refractivity contribution in [2.75, 3.05) is 0 Å². The summed E-state index contributed by atoms with van der Waals surface area (Å²) in [4.78, 5) is 0. The molecule has 0 spiro atoms. The van der Waals surface area contributed by atoms with E-state index in [1.54, 1.807) is 0 Å². The Morgan fingerprint density at radius 2 is 1.00 bits per heavy atom. The van der Waals surface area contributed by atoms with Gasteiger partial charge in [-0.05, 0) is 0 Å². The van der Waals surface area contributed by atoms with Crippen LogP contribution >= 0.6 is 0 Å². The number of rotatable bonds is 0. The molecular weight excluding hydrogens is 244 g/mol. The fourth-order valence-electron chi connectivity index (χ4n) is 0. The van der Waals surface area contributed by atoms with Crippen LogP contribution in [0.15, 0.2) is 0 Å². The zero-order chi connectivity index (χ0) is 8.08. The van der Waals surface area contributed by atoms with E-state index in [1.807, 2.05) is 0 Å². The van der Waals surface area contributed by atoms with Crippen molar-refractivity contribution < 1.29 is 47.3 Å². The van der Waals surface area contributed by atoms with E-state index in [-0.39, 0.29) is 93.3 Å². The molecule has 64 valence electrons. The van der Waals surface area contributed by atoms with Crippen LogP contribution in [-0.2, 0) is 18.1 Å². The first-order valence-electron chi connectivity index (χ1n) is 1.63. The van der Waals surface area contributed by atoms with Crippen molar-refractivity contribution in [3.05, 3.63) is 0 Å². The predicted molar refractivity (Wildman–Crippen MR) is 43.0 cm³/mol. The first kappa shape index (κ1) is 29.5. The van der Waals surface area contributed by atoms with Gasteiger partial charge in [-0.15, -0.1) is 0 Å². The van der Waals surface area contributed by atoms with E-state index in [9.17, 15) is 4.32 Å². The molecule has 0 aromatic carbocycles. The fourth-order valence-corrected chi connectivity index (χ4v) is 0. The second-order valence-corrected chi connectivity index (χ2v) is 2.78. The summed E-state index contributed by atoms with van der Waals surface area (Å²) in [6, 6.07) is 0. The summed E-state index contributed by atoms with van der Waals surface area (Å²) in [6.45, 7) is 0. The van der Waals surface area contributed by atoms with Gasteiger partial charge < -0.3 is 10.0 Å². The second kappa shape index (κ2) is 16.9.